The second-order valence-electron chi connectivity index (χ2n) is 5.28. The van der Waals surface area contributed by atoms with Gasteiger partial charge in [-0.2, -0.15) is 0 Å². The number of aromatic amines is 1. The lowest BCUT2D eigenvalue weighted by molar-refractivity contribution is 0.0876. The van der Waals surface area contributed by atoms with Gasteiger partial charge in [0.1, 0.15) is 0 Å². The lowest BCUT2D eigenvalue weighted by atomic mass is 10.1. The summed E-state index contributed by atoms with van der Waals surface area (Å²) in [5.74, 6) is 0.209. The predicted octanol–water partition coefficient (Wildman–Crippen LogP) is 1.60. The molecule has 1 aliphatic rings. The first-order chi connectivity index (χ1) is 9.22. The zero-order valence-corrected chi connectivity index (χ0v) is 11.2. The van der Waals surface area contributed by atoms with Gasteiger partial charge in [0.2, 0.25) is 0 Å². The summed E-state index contributed by atoms with van der Waals surface area (Å²) < 4.78 is 0. The van der Waals surface area contributed by atoms with Crippen molar-refractivity contribution in [2.24, 2.45) is 0 Å². The number of rotatable bonds is 3. The molecule has 3 rings (SSSR count). The van der Waals surface area contributed by atoms with Crippen molar-refractivity contribution >= 4 is 16.7 Å². The summed E-state index contributed by atoms with van der Waals surface area (Å²) in [7, 11) is 2.12. The molecule has 4 heteroatoms. The maximum absolute atomic E-state index is 12.3. The molecule has 0 saturated carbocycles. The van der Waals surface area contributed by atoms with Crippen molar-refractivity contribution in [3.05, 3.63) is 36.0 Å². The first-order valence-electron chi connectivity index (χ1n) is 6.73. The van der Waals surface area contributed by atoms with Gasteiger partial charge in [-0.05, 0) is 24.6 Å². The van der Waals surface area contributed by atoms with Gasteiger partial charge in [-0.3, -0.25) is 9.69 Å². The van der Waals surface area contributed by atoms with Crippen LogP contribution in [0.15, 0.2) is 30.5 Å². The molecule has 1 N–H and O–H groups in total. The maximum Gasteiger partial charge on any atom is 0.176 e. The molecule has 0 atom stereocenters. The number of ketones is 1. The quantitative estimate of drug-likeness (QED) is 0.849. The van der Waals surface area contributed by atoms with Crippen molar-refractivity contribution in [1.29, 1.82) is 0 Å². The number of benzene rings is 1. The van der Waals surface area contributed by atoms with Gasteiger partial charge < -0.3 is 9.88 Å². The molecule has 1 aliphatic heterocycles. The third-order valence-electron chi connectivity index (χ3n) is 3.84. The zero-order valence-electron chi connectivity index (χ0n) is 11.2. The molecule has 1 fully saturated rings. The molecular formula is C15H19N3O. The highest BCUT2D eigenvalue weighted by Gasteiger charge is 2.17. The first kappa shape index (κ1) is 12.4. The monoisotopic (exact) mass is 257 g/mol. The minimum atomic E-state index is 0.209. The number of hydrogen-bond donors (Lipinski definition) is 1. The van der Waals surface area contributed by atoms with E-state index in [1.54, 1.807) is 0 Å². The number of carbonyl (C=O) groups excluding carboxylic acids is 1. The molecule has 0 spiro atoms. The molecule has 4 nitrogen and oxygen atoms in total. The SMILES string of the molecule is CN1CCN(CC(=O)c2ccc3cc[nH]c3c2)CC1. The summed E-state index contributed by atoms with van der Waals surface area (Å²) in [4.78, 5) is 20.0. The van der Waals surface area contributed by atoms with Crippen LogP contribution in [0.1, 0.15) is 10.4 Å². The second kappa shape index (κ2) is 5.15. The highest BCUT2D eigenvalue weighted by Crippen LogP contribution is 2.15. The molecule has 0 bridgehead atoms. The Bertz CT molecular complexity index is 582. The molecule has 0 amide bonds. The Balaban J connectivity index is 1.69. The number of aromatic nitrogens is 1. The Labute approximate surface area is 113 Å². The fourth-order valence-electron chi connectivity index (χ4n) is 2.52. The van der Waals surface area contributed by atoms with E-state index in [9.17, 15) is 4.79 Å². The smallest absolute Gasteiger partial charge is 0.176 e. The van der Waals surface area contributed by atoms with Gasteiger partial charge in [-0.1, -0.05) is 12.1 Å². The summed E-state index contributed by atoms with van der Waals surface area (Å²) in [5.41, 5.74) is 1.83. The average molecular weight is 257 g/mol. The van der Waals surface area contributed by atoms with Gasteiger partial charge in [-0.15, -0.1) is 0 Å². The number of H-pyrrole nitrogens is 1. The van der Waals surface area contributed by atoms with Crippen LogP contribution in [0.5, 0.6) is 0 Å². The van der Waals surface area contributed by atoms with Crippen molar-refractivity contribution in [2.75, 3.05) is 39.8 Å². The standard InChI is InChI=1S/C15H19N3O/c1-17-6-8-18(9-7-17)11-15(19)13-3-2-12-4-5-16-14(12)10-13/h2-5,10,16H,6-9,11H2,1H3. The Morgan fingerprint density at radius 1 is 1.21 bits per heavy atom. The van der Waals surface area contributed by atoms with Crippen molar-refractivity contribution in [3.63, 3.8) is 0 Å². The number of hydrogen-bond acceptors (Lipinski definition) is 3. The van der Waals surface area contributed by atoms with E-state index in [2.05, 4.69) is 21.8 Å². The van der Waals surface area contributed by atoms with E-state index < -0.39 is 0 Å². The van der Waals surface area contributed by atoms with E-state index in [4.69, 9.17) is 0 Å². The molecule has 0 radical (unpaired) electrons. The number of fused-ring (bicyclic) bond motifs is 1. The van der Waals surface area contributed by atoms with Gasteiger partial charge in [0.05, 0.1) is 6.54 Å². The average Bonchev–Trinajstić information content (AvgIpc) is 2.88. The number of piperazine rings is 1. The molecule has 2 heterocycles. The molecule has 1 saturated heterocycles. The van der Waals surface area contributed by atoms with Gasteiger partial charge in [0, 0.05) is 43.5 Å². The number of nitrogens with zero attached hydrogens (tertiary/aromatic N) is 2. The van der Waals surface area contributed by atoms with Crippen LogP contribution < -0.4 is 0 Å². The second-order valence-corrected chi connectivity index (χ2v) is 5.28. The summed E-state index contributed by atoms with van der Waals surface area (Å²) in [6, 6.07) is 7.90. The summed E-state index contributed by atoms with van der Waals surface area (Å²) in [5, 5.41) is 1.15. The lowest BCUT2D eigenvalue weighted by Gasteiger charge is -2.31. The van der Waals surface area contributed by atoms with Crippen LogP contribution in [0.2, 0.25) is 0 Å². The molecule has 100 valence electrons. The van der Waals surface area contributed by atoms with Gasteiger partial charge in [0.15, 0.2) is 5.78 Å². The first-order valence-corrected chi connectivity index (χ1v) is 6.73. The molecule has 0 unspecified atom stereocenters. The topological polar surface area (TPSA) is 39.3 Å². The number of Topliss-reactive ketones (excluding diaryl/α,β-unsaturated/α-hetero) is 1. The number of likely N-dealkylation sites (N-methyl/N-ethyl adjacent to an activating group) is 1. The Morgan fingerprint density at radius 2 is 2.00 bits per heavy atom. The highest BCUT2D eigenvalue weighted by molar-refractivity contribution is 6.00. The molecular weight excluding hydrogens is 238 g/mol. The summed E-state index contributed by atoms with van der Waals surface area (Å²) >= 11 is 0. The third kappa shape index (κ3) is 2.69. The predicted molar refractivity (Wildman–Crippen MR) is 76.6 cm³/mol. The normalized spacial score (nSPS) is 17.9. The van der Waals surface area contributed by atoms with Crippen LogP contribution in [0.3, 0.4) is 0 Å². The highest BCUT2D eigenvalue weighted by atomic mass is 16.1. The molecule has 1 aromatic carbocycles. The van der Waals surface area contributed by atoms with Crippen molar-refractivity contribution in [2.45, 2.75) is 0 Å². The van der Waals surface area contributed by atoms with Crippen LogP contribution in [0.25, 0.3) is 10.9 Å². The van der Waals surface area contributed by atoms with Crippen LogP contribution >= 0.6 is 0 Å². The van der Waals surface area contributed by atoms with Crippen molar-refractivity contribution in [1.82, 2.24) is 14.8 Å². The van der Waals surface area contributed by atoms with Crippen molar-refractivity contribution < 1.29 is 4.79 Å². The van der Waals surface area contributed by atoms with E-state index in [1.165, 1.54) is 0 Å². The van der Waals surface area contributed by atoms with Crippen LogP contribution in [-0.4, -0.2) is 60.3 Å². The number of carbonyl (C=O) groups is 1. The van der Waals surface area contributed by atoms with E-state index in [1.807, 2.05) is 30.5 Å². The van der Waals surface area contributed by atoms with Crippen LogP contribution in [0.4, 0.5) is 0 Å². The van der Waals surface area contributed by atoms with Crippen LogP contribution in [-0.2, 0) is 0 Å². The molecule has 19 heavy (non-hydrogen) atoms. The van der Waals surface area contributed by atoms with E-state index in [0.717, 1.165) is 42.6 Å². The Morgan fingerprint density at radius 3 is 2.79 bits per heavy atom. The van der Waals surface area contributed by atoms with Gasteiger partial charge in [-0.25, -0.2) is 0 Å². The van der Waals surface area contributed by atoms with Crippen molar-refractivity contribution in [3.8, 4) is 0 Å². The molecule has 0 aliphatic carbocycles. The lowest BCUT2D eigenvalue weighted by Crippen LogP contribution is -2.46. The van der Waals surface area contributed by atoms with E-state index >= 15 is 0 Å². The van der Waals surface area contributed by atoms with Crippen LogP contribution in [0, 0.1) is 0 Å². The molecule has 1 aromatic heterocycles. The Kier molecular flexibility index (Phi) is 3.36. The summed E-state index contributed by atoms with van der Waals surface area (Å²) in [6.07, 6.45) is 1.90. The van der Waals surface area contributed by atoms with Gasteiger partial charge >= 0.3 is 0 Å². The largest absolute Gasteiger partial charge is 0.361 e. The molecule has 2 aromatic rings. The minimum Gasteiger partial charge on any atom is -0.361 e. The fourth-order valence-corrected chi connectivity index (χ4v) is 2.52. The fraction of sp³-hybridized carbons (Fsp3) is 0.400. The van der Waals surface area contributed by atoms with E-state index in [0.29, 0.717) is 6.54 Å². The zero-order chi connectivity index (χ0) is 13.2. The van der Waals surface area contributed by atoms with E-state index in [-0.39, 0.29) is 5.78 Å². The third-order valence-corrected chi connectivity index (χ3v) is 3.84. The minimum absolute atomic E-state index is 0.209. The Hall–Kier alpha value is -1.65. The maximum atomic E-state index is 12.3. The van der Waals surface area contributed by atoms with Gasteiger partial charge in [0.25, 0.3) is 0 Å². The summed E-state index contributed by atoms with van der Waals surface area (Å²) in [6.45, 7) is 4.58. The number of nitrogens with one attached hydrogen (secondary N) is 1.